The molecule has 1 unspecified atom stereocenters. The number of ether oxygens (including phenoxy) is 1. The maximum atomic E-state index is 11.8. The molecule has 0 saturated heterocycles. The summed E-state index contributed by atoms with van der Waals surface area (Å²) in [6.45, 7) is 7.16. The molecular weight excluding hydrogens is 286 g/mol. The number of aliphatic hydroxyl groups excluding tert-OH is 1. The van der Waals surface area contributed by atoms with Gasteiger partial charge in [0.2, 0.25) is 5.89 Å². The van der Waals surface area contributed by atoms with Gasteiger partial charge in [0, 0.05) is 6.20 Å². The van der Waals surface area contributed by atoms with Gasteiger partial charge in [-0.05, 0) is 39.3 Å². The molecular formula is C15H21N3O4. The molecule has 0 spiro atoms. The first-order valence-electron chi connectivity index (χ1n) is 7.19. The highest BCUT2D eigenvalue weighted by Gasteiger charge is 2.28. The van der Waals surface area contributed by atoms with Gasteiger partial charge in [0.1, 0.15) is 5.60 Å². The number of amides is 1. The molecule has 2 N–H and O–H groups in total. The molecule has 0 aromatic carbocycles. The Labute approximate surface area is 128 Å². The Morgan fingerprint density at radius 3 is 2.82 bits per heavy atom. The SMILES string of the molecule is CC[C@@H](NC(=O)OC(C)(C)C)C(O)c1nc2ncccc2o1. The zero-order valence-electron chi connectivity index (χ0n) is 13.2. The van der Waals surface area contributed by atoms with Crippen molar-refractivity contribution in [3.8, 4) is 0 Å². The summed E-state index contributed by atoms with van der Waals surface area (Å²) in [5.41, 5.74) is 0.307. The van der Waals surface area contributed by atoms with Crippen LogP contribution in [0.15, 0.2) is 22.7 Å². The van der Waals surface area contributed by atoms with E-state index in [1.807, 2.05) is 6.92 Å². The topological polar surface area (TPSA) is 97.5 Å². The van der Waals surface area contributed by atoms with E-state index in [1.165, 1.54) is 0 Å². The van der Waals surface area contributed by atoms with E-state index in [0.29, 0.717) is 17.7 Å². The van der Waals surface area contributed by atoms with Crippen LogP contribution in [0.2, 0.25) is 0 Å². The lowest BCUT2D eigenvalue weighted by molar-refractivity contribution is 0.0387. The van der Waals surface area contributed by atoms with E-state index in [-0.39, 0.29) is 5.89 Å². The summed E-state index contributed by atoms with van der Waals surface area (Å²) in [4.78, 5) is 20.0. The second kappa shape index (κ2) is 6.31. The molecule has 2 atom stereocenters. The Kier molecular flexibility index (Phi) is 4.65. The predicted molar refractivity (Wildman–Crippen MR) is 80.2 cm³/mol. The smallest absolute Gasteiger partial charge is 0.407 e. The second-order valence-corrected chi connectivity index (χ2v) is 5.98. The van der Waals surface area contributed by atoms with Gasteiger partial charge < -0.3 is 19.6 Å². The lowest BCUT2D eigenvalue weighted by Crippen LogP contribution is -2.42. The minimum Gasteiger partial charge on any atom is -0.444 e. The van der Waals surface area contributed by atoms with Gasteiger partial charge in [0.15, 0.2) is 17.3 Å². The van der Waals surface area contributed by atoms with Crippen LogP contribution in [0.1, 0.15) is 46.1 Å². The number of alkyl carbamates (subject to hydrolysis) is 1. The highest BCUT2D eigenvalue weighted by atomic mass is 16.6. The van der Waals surface area contributed by atoms with Crippen LogP contribution in [0.5, 0.6) is 0 Å². The first kappa shape index (κ1) is 16.2. The van der Waals surface area contributed by atoms with Crippen LogP contribution in [-0.4, -0.2) is 32.8 Å². The number of hydrogen-bond donors (Lipinski definition) is 2. The normalized spacial score (nSPS) is 14.6. The molecule has 1 amide bonds. The number of fused-ring (bicyclic) bond motifs is 1. The number of nitrogens with zero attached hydrogens (tertiary/aromatic N) is 2. The first-order valence-corrected chi connectivity index (χ1v) is 7.19. The Morgan fingerprint density at radius 2 is 2.23 bits per heavy atom. The summed E-state index contributed by atoms with van der Waals surface area (Å²) >= 11 is 0. The fourth-order valence-electron chi connectivity index (χ4n) is 1.95. The van der Waals surface area contributed by atoms with Crippen molar-refractivity contribution < 1.29 is 19.1 Å². The summed E-state index contributed by atoms with van der Waals surface area (Å²) in [5.74, 6) is 0.122. The maximum absolute atomic E-state index is 11.8. The van der Waals surface area contributed by atoms with Crippen molar-refractivity contribution in [1.82, 2.24) is 15.3 Å². The Morgan fingerprint density at radius 1 is 1.50 bits per heavy atom. The third-order valence-corrected chi connectivity index (χ3v) is 2.96. The number of aliphatic hydroxyl groups is 1. The van der Waals surface area contributed by atoms with Crippen molar-refractivity contribution in [3.05, 3.63) is 24.2 Å². The molecule has 2 aromatic rings. The largest absolute Gasteiger partial charge is 0.444 e. The van der Waals surface area contributed by atoms with E-state index in [0.717, 1.165) is 0 Å². The van der Waals surface area contributed by atoms with Crippen LogP contribution in [0, 0.1) is 0 Å². The van der Waals surface area contributed by atoms with Gasteiger partial charge >= 0.3 is 6.09 Å². The zero-order chi connectivity index (χ0) is 16.3. The van der Waals surface area contributed by atoms with Crippen molar-refractivity contribution >= 4 is 17.3 Å². The Bertz CT molecular complexity index is 615. The molecule has 0 saturated carbocycles. The van der Waals surface area contributed by atoms with Gasteiger partial charge in [-0.25, -0.2) is 9.78 Å². The maximum Gasteiger partial charge on any atom is 0.407 e. The molecule has 22 heavy (non-hydrogen) atoms. The molecule has 0 bridgehead atoms. The number of carbonyl (C=O) groups excluding carboxylic acids is 1. The van der Waals surface area contributed by atoms with E-state index in [9.17, 15) is 9.90 Å². The Hall–Kier alpha value is -2.15. The molecule has 0 aliphatic rings. The van der Waals surface area contributed by atoms with Gasteiger partial charge in [0.05, 0.1) is 6.04 Å². The lowest BCUT2D eigenvalue weighted by atomic mass is 10.1. The third-order valence-electron chi connectivity index (χ3n) is 2.96. The minimum atomic E-state index is -1.08. The number of nitrogens with one attached hydrogen (secondary N) is 1. The van der Waals surface area contributed by atoms with E-state index >= 15 is 0 Å². The lowest BCUT2D eigenvalue weighted by Gasteiger charge is -2.24. The van der Waals surface area contributed by atoms with Crippen LogP contribution < -0.4 is 5.32 Å². The van der Waals surface area contributed by atoms with E-state index < -0.39 is 23.8 Å². The summed E-state index contributed by atoms with van der Waals surface area (Å²) < 4.78 is 10.7. The molecule has 2 rings (SSSR count). The molecule has 0 fully saturated rings. The second-order valence-electron chi connectivity index (χ2n) is 5.98. The molecule has 2 heterocycles. The van der Waals surface area contributed by atoms with Gasteiger partial charge in [-0.1, -0.05) is 6.92 Å². The average molecular weight is 307 g/mol. The molecule has 0 aliphatic carbocycles. The monoisotopic (exact) mass is 307 g/mol. The highest BCUT2D eigenvalue weighted by molar-refractivity contribution is 5.68. The van der Waals surface area contributed by atoms with Gasteiger partial charge in [-0.3, -0.25) is 0 Å². The summed E-state index contributed by atoms with van der Waals surface area (Å²) in [7, 11) is 0. The number of aromatic nitrogens is 2. The quantitative estimate of drug-likeness (QED) is 0.901. The van der Waals surface area contributed by atoms with Gasteiger partial charge in [-0.2, -0.15) is 4.98 Å². The molecule has 0 radical (unpaired) electrons. The van der Waals surface area contributed by atoms with Crippen LogP contribution >= 0.6 is 0 Å². The standard InChI is InChI=1S/C15H21N3O4/c1-5-9(17-14(20)22-15(2,3)4)11(19)13-18-12-10(21-13)7-6-8-16-12/h6-9,11,19H,5H2,1-4H3,(H,17,20)/t9-,11?/m1/s1. The van der Waals surface area contributed by atoms with Crippen molar-refractivity contribution in [3.63, 3.8) is 0 Å². The first-order chi connectivity index (χ1) is 10.3. The third kappa shape index (κ3) is 3.94. The molecule has 7 nitrogen and oxygen atoms in total. The van der Waals surface area contributed by atoms with E-state index in [2.05, 4.69) is 15.3 Å². The Balaban J connectivity index is 2.11. The van der Waals surface area contributed by atoms with Crippen LogP contribution in [0.25, 0.3) is 11.2 Å². The number of rotatable bonds is 4. The van der Waals surface area contributed by atoms with Gasteiger partial charge in [-0.15, -0.1) is 0 Å². The van der Waals surface area contributed by atoms with E-state index in [1.54, 1.807) is 39.1 Å². The average Bonchev–Trinajstić information content (AvgIpc) is 2.86. The van der Waals surface area contributed by atoms with Crippen LogP contribution in [0.3, 0.4) is 0 Å². The number of oxazole rings is 1. The van der Waals surface area contributed by atoms with Crippen molar-refractivity contribution in [2.75, 3.05) is 0 Å². The van der Waals surface area contributed by atoms with Gasteiger partial charge in [0.25, 0.3) is 0 Å². The molecule has 2 aromatic heterocycles. The van der Waals surface area contributed by atoms with Crippen molar-refractivity contribution in [2.45, 2.75) is 51.9 Å². The fraction of sp³-hybridized carbons (Fsp3) is 0.533. The van der Waals surface area contributed by atoms with Crippen molar-refractivity contribution in [1.29, 1.82) is 0 Å². The fourth-order valence-corrected chi connectivity index (χ4v) is 1.95. The molecule has 7 heteroatoms. The number of hydrogen-bond acceptors (Lipinski definition) is 6. The van der Waals surface area contributed by atoms with E-state index in [4.69, 9.17) is 9.15 Å². The highest BCUT2D eigenvalue weighted by Crippen LogP contribution is 2.22. The summed E-state index contributed by atoms with van der Waals surface area (Å²) in [6, 6.07) is 2.87. The van der Waals surface area contributed by atoms with Crippen molar-refractivity contribution in [2.24, 2.45) is 0 Å². The van der Waals surface area contributed by atoms with Crippen LogP contribution in [-0.2, 0) is 4.74 Å². The predicted octanol–water partition coefficient (Wildman–Crippen LogP) is 2.56. The number of carbonyl (C=O) groups is 1. The molecule has 0 aliphatic heterocycles. The minimum absolute atomic E-state index is 0.122. The summed E-state index contributed by atoms with van der Waals surface area (Å²) in [6.07, 6.45) is 0.420. The summed E-state index contributed by atoms with van der Waals surface area (Å²) in [5, 5.41) is 13.0. The zero-order valence-corrected chi connectivity index (χ0v) is 13.2. The van der Waals surface area contributed by atoms with Crippen LogP contribution in [0.4, 0.5) is 4.79 Å². The number of pyridine rings is 1. The molecule has 120 valence electrons.